The molecule has 1 unspecified atom stereocenters. The van der Waals surface area contributed by atoms with Crippen LogP contribution >= 0.6 is 0 Å². The Balaban J connectivity index is 2.34. The maximum Gasteiger partial charge on any atom is 0.325 e. The van der Waals surface area contributed by atoms with Gasteiger partial charge in [0.1, 0.15) is 12.6 Å². The molecule has 0 fully saturated rings. The highest BCUT2D eigenvalue weighted by molar-refractivity contribution is 5.80. The summed E-state index contributed by atoms with van der Waals surface area (Å²) in [6.45, 7) is 1.48. The van der Waals surface area contributed by atoms with Gasteiger partial charge in [-0.25, -0.2) is 0 Å². The van der Waals surface area contributed by atoms with E-state index in [1.807, 2.05) is 0 Å². The van der Waals surface area contributed by atoms with E-state index in [4.69, 9.17) is 4.74 Å². The molecule has 0 bridgehead atoms. The molecule has 1 atom stereocenters. The Bertz CT molecular complexity index is 299. The number of likely N-dealkylation sites (N-methyl/N-ethyl adjacent to an activating group) is 1. The lowest BCUT2D eigenvalue weighted by atomic mass is 10.0. The van der Waals surface area contributed by atoms with Crippen LogP contribution in [0.5, 0.6) is 0 Å². The van der Waals surface area contributed by atoms with Gasteiger partial charge in [0.15, 0.2) is 0 Å². The number of allylic oxidation sites excluding steroid dienone is 2. The third-order valence-electron chi connectivity index (χ3n) is 2.92. The van der Waals surface area contributed by atoms with Crippen LogP contribution < -0.4 is 0 Å². The van der Waals surface area contributed by atoms with Crippen molar-refractivity contribution in [3.05, 3.63) is 12.2 Å². The van der Waals surface area contributed by atoms with E-state index in [2.05, 4.69) is 12.2 Å². The maximum absolute atomic E-state index is 11.6. The van der Waals surface area contributed by atoms with Crippen molar-refractivity contribution >= 4 is 11.9 Å². The van der Waals surface area contributed by atoms with Crippen LogP contribution in [0.4, 0.5) is 0 Å². The first-order valence-corrected chi connectivity index (χ1v) is 6.16. The fourth-order valence-corrected chi connectivity index (χ4v) is 1.77. The Labute approximate surface area is 103 Å². The lowest BCUT2D eigenvalue weighted by molar-refractivity contribution is -0.153. The number of hydrogen-bond acceptors (Lipinski definition) is 3. The number of nitrogens with zero attached hydrogens (tertiary/aromatic N) is 1. The molecule has 1 aliphatic rings. The minimum Gasteiger partial charge on any atom is -0.461 e. The molecule has 1 amide bonds. The van der Waals surface area contributed by atoms with Crippen molar-refractivity contribution in [1.29, 1.82) is 0 Å². The Hall–Kier alpha value is -1.32. The highest BCUT2D eigenvalue weighted by Gasteiger charge is 2.16. The SMILES string of the molecule is CC(=O)N(C)CC(=O)OC1CC/C=C\CCC1. The summed E-state index contributed by atoms with van der Waals surface area (Å²) >= 11 is 0. The molecule has 0 saturated carbocycles. The second-order valence-electron chi connectivity index (χ2n) is 4.47. The topological polar surface area (TPSA) is 46.6 Å². The molecule has 0 aromatic heterocycles. The molecule has 0 aromatic carbocycles. The molecule has 0 aromatic rings. The summed E-state index contributed by atoms with van der Waals surface area (Å²) in [5.41, 5.74) is 0. The molecule has 0 radical (unpaired) electrons. The lowest BCUT2D eigenvalue weighted by Gasteiger charge is -2.20. The molecule has 96 valence electrons. The fourth-order valence-electron chi connectivity index (χ4n) is 1.77. The van der Waals surface area contributed by atoms with Crippen LogP contribution in [0.15, 0.2) is 12.2 Å². The molecule has 4 heteroatoms. The van der Waals surface area contributed by atoms with E-state index >= 15 is 0 Å². The zero-order chi connectivity index (χ0) is 12.7. The summed E-state index contributed by atoms with van der Waals surface area (Å²) in [7, 11) is 1.60. The smallest absolute Gasteiger partial charge is 0.325 e. The molecule has 0 spiro atoms. The normalized spacial score (nSPS) is 22.1. The number of rotatable bonds is 3. The monoisotopic (exact) mass is 239 g/mol. The van der Waals surface area contributed by atoms with E-state index < -0.39 is 0 Å². The first kappa shape index (κ1) is 13.7. The van der Waals surface area contributed by atoms with Crippen molar-refractivity contribution < 1.29 is 14.3 Å². The third-order valence-corrected chi connectivity index (χ3v) is 2.92. The number of amides is 1. The van der Waals surface area contributed by atoms with Gasteiger partial charge in [0.05, 0.1) is 0 Å². The van der Waals surface area contributed by atoms with Gasteiger partial charge in [-0.05, 0) is 32.1 Å². The van der Waals surface area contributed by atoms with Gasteiger partial charge in [0, 0.05) is 14.0 Å². The highest BCUT2D eigenvalue weighted by Crippen LogP contribution is 2.15. The predicted octanol–water partition coefficient (Wildman–Crippen LogP) is 1.90. The first-order valence-electron chi connectivity index (χ1n) is 6.16. The summed E-state index contributed by atoms with van der Waals surface area (Å²) < 4.78 is 5.38. The van der Waals surface area contributed by atoms with Gasteiger partial charge < -0.3 is 9.64 Å². The van der Waals surface area contributed by atoms with E-state index in [1.54, 1.807) is 7.05 Å². The van der Waals surface area contributed by atoms with Crippen LogP contribution in [-0.4, -0.2) is 36.5 Å². The minimum absolute atomic E-state index is 0.00723. The van der Waals surface area contributed by atoms with Crippen molar-refractivity contribution in [2.24, 2.45) is 0 Å². The van der Waals surface area contributed by atoms with Crippen molar-refractivity contribution in [1.82, 2.24) is 4.90 Å². The zero-order valence-electron chi connectivity index (χ0n) is 10.6. The Morgan fingerprint density at radius 3 is 2.71 bits per heavy atom. The lowest BCUT2D eigenvalue weighted by Crippen LogP contribution is -2.33. The fraction of sp³-hybridized carbons (Fsp3) is 0.692. The average Bonchev–Trinajstić information content (AvgIpc) is 2.21. The molecule has 0 N–H and O–H groups in total. The molecular formula is C13H21NO3. The summed E-state index contributed by atoms with van der Waals surface area (Å²) in [5, 5.41) is 0. The van der Waals surface area contributed by atoms with E-state index in [-0.39, 0.29) is 24.5 Å². The largest absolute Gasteiger partial charge is 0.461 e. The molecule has 0 heterocycles. The van der Waals surface area contributed by atoms with Crippen molar-refractivity contribution in [3.8, 4) is 0 Å². The Kier molecular flexibility index (Phi) is 5.73. The molecule has 1 rings (SSSR count). The predicted molar refractivity (Wildman–Crippen MR) is 65.4 cm³/mol. The minimum atomic E-state index is -0.308. The van der Waals surface area contributed by atoms with Crippen LogP contribution in [-0.2, 0) is 14.3 Å². The quantitative estimate of drug-likeness (QED) is 0.558. The summed E-state index contributed by atoms with van der Waals surface area (Å²) in [5.74, 6) is -0.431. The van der Waals surface area contributed by atoms with E-state index in [0.29, 0.717) is 0 Å². The summed E-state index contributed by atoms with van der Waals surface area (Å²) in [6, 6.07) is 0. The second kappa shape index (κ2) is 7.09. The zero-order valence-corrected chi connectivity index (χ0v) is 10.6. The van der Waals surface area contributed by atoms with Crippen LogP contribution in [0.2, 0.25) is 0 Å². The first-order chi connectivity index (χ1) is 8.09. The summed E-state index contributed by atoms with van der Waals surface area (Å²) in [6.07, 6.45) is 9.20. The van der Waals surface area contributed by atoms with Crippen molar-refractivity contribution in [3.63, 3.8) is 0 Å². The van der Waals surface area contributed by atoms with Crippen LogP contribution in [0.25, 0.3) is 0 Å². The van der Waals surface area contributed by atoms with Crippen LogP contribution in [0.1, 0.15) is 39.0 Å². The number of carbonyl (C=O) groups is 2. The number of ether oxygens (including phenoxy) is 1. The Morgan fingerprint density at radius 2 is 2.00 bits per heavy atom. The number of hydrogen-bond donors (Lipinski definition) is 0. The summed E-state index contributed by atoms with van der Waals surface area (Å²) in [4.78, 5) is 23.9. The van der Waals surface area contributed by atoms with E-state index in [9.17, 15) is 9.59 Å². The van der Waals surface area contributed by atoms with Gasteiger partial charge in [0.25, 0.3) is 0 Å². The van der Waals surface area contributed by atoms with Crippen molar-refractivity contribution in [2.75, 3.05) is 13.6 Å². The van der Waals surface area contributed by atoms with Gasteiger partial charge in [0.2, 0.25) is 5.91 Å². The van der Waals surface area contributed by atoms with Crippen LogP contribution in [0, 0.1) is 0 Å². The van der Waals surface area contributed by atoms with Gasteiger partial charge in [-0.1, -0.05) is 12.2 Å². The third kappa shape index (κ3) is 5.52. The molecule has 4 nitrogen and oxygen atoms in total. The van der Waals surface area contributed by atoms with Gasteiger partial charge >= 0.3 is 5.97 Å². The molecule has 0 aliphatic heterocycles. The maximum atomic E-state index is 11.6. The Morgan fingerprint density at radius 1 is 1.29 bits per heavy atom. The number of esters is 1. The molecule has 17 heavy (non-hydrogen) atoms. The van der Waals surface area contributed by atoms with Gasteiger partial charge in [-0.2, -0.15) is 0 Å². The van der Waals surface area contributed by atoms with E-state index in [1.165, 1.54) is 11.8 Å². The van der Waals surface area contributed by atoms with Crippen molar-refractivity contribution in [2.45, 2.75) is 45.1 Å². The molecule has 1 aliphatic carbocycles. The second-order valence-corrected chi connectivity index (χ2v) is 4.47. The van der Waals surface area contributed by atoms with E-state index in [0.717, 1.165) is 32.1 Å². The molecular weight excluding hydrogens is 218 g/mol. The van der Waals surface area contributed by atoms with Crippen LogP contribution in [0.3, 0.4) is 0 Å². The highest BCUT2D eigenvalue weighted by atomic mass is 16.5. The average molecular weight is 239 g/mol. The standard InChI is InChI=1S/C13H21NO3/c1-11(15)14(2)10-13(16)17-12-8-6-4-3-5-7-9-12/h3-4,12H,5-10H2,1-2H3/b4-3-. The number of carbonyl (C=O) groups excluding carboxylic acids is 2. The van der Waals surface area contributed by atoms with Gasteiger partial charge in [-0.15, -0.1) is 0 Å². The van der Waals surface area contributed by atoms with Gasteiger partial charge in [-0.3, -0.25) is 9.59 Å². The molecule has 0 saturated heterocycles.